The third-order valence-electron chi connectivity index (χ3n) is 6.27. The van der Waals surface area contributed by atoms with Crippen LogP contribution >= 0.6 is 23.4 Å². The standard InChI is InChI=1S/C27H22ClF3N2S/c1-16-14-17(8-13-22(16)28)20-4-2-7-25-26(20)33(19-11-9-18(29)10-12-19)27(32-25)34-15-21-23(30)5-3-6-24(21)31/h3,5-6,8-14,20H,2,4,7,15H2,1H3. The fraction of sp³-hybridized carbons (Fsp3) is 0.222. The summed E-state index contributed by atoms with van der Waals surface area (Å²) in [7, 11) is 0. The van der Waals surface area contributed by atoms with Crippen LogP contribution in [0.5, 0.6) is 0 Å². The first-order chi connectivity index (χ1) is 16.4. The van der Waals surface area contributed by atoms with Crippen LogP contribution in [0, 0.1) is 24.4 Å². The van der Waals surface area contributed by atoms with Crippen molar-refractivity contribution in [3.05, 3.63) is 111 Å². The largest absolute Gasteiger partial charge is 0.291 e. The van der Waals surface area contributed by atoms with Crippen molar-refractivity contribution in [2.24, 2.45) is 0 Å². The first-order valence-corrected chi connectivity index (χ1v) is 12.5. The number of halogens is 4. The van der Waals surface area contributed by atoms with E-state index in [4.69, 9.17) is 16.6 Å². The molecule has 5 rings (SSSR count). The monoisotopic (exact) mass is 498 g/mol. The Labute approximate surface area is 205 Å². The predicted octanol–water partition coefficient (Wildman–Crippen LogP) is 8.01. The molecule has 1 atom stereocenters. The first kappa shape index (κ1) is 23.1. The Hall–Kier alpha value is -2.70. The van der Waals surface area contributed by atoms with Crippen molar-refractivity contribution in [3.8, 4) is 5.69 Å². The molecule has 1 aliphatic rings. The Morgan fingerprint density at radius 2 is 1.76 bits per heavy atom. The van der Waals surface area contributed by atoms with E-state index < -0.39 is 11.6 Å². The minimum atomic E-state index is -0.577. The molecule has 174 valence electrons. The molecule has 4 aromatic rings. The van der Waals surface area contributed by atoms with E-state index in [0.717, 1.165) is 52.5 Å². The van der Waals surface area contributed by atoms with Crippen LogP contribution in [0.2, 0.25) is 5.02 Å². The molecule has 0 fully saturated rings. The highest BCUT2D eigenvalue weighted by atomic mass is 35.5. The number of aryl methyl sites for hydroxylation is 2. The zero-order valence-corrected chi connectivity index (χ0v) is 20.1. The number of thioether (sulfide) groups is 1. The van der Waals surface area contributed by atoms with Gasteiger partial charge in [-0.2, -0.15) is 0 Å². The van der Waals surface area contributed by atoms with E-state index in [2.05, 4.69) is 6.07 Å². The van der Waals surface area contributed by atoms with Crippen LogP contribution < -0.4 is 0 Å². The number of hydrogen-bond acceptors (Lipinski definition) is 2. The fourth-order valence-corrected chi connectivity index (χ4v) is 5.73. The molecule has 7 heteroatoms. The predicted molar refractivity (Wildman–Crippen MR) is 130 cm³/mol. The zero-order valence-electron chi connectivity index (χ0n) is 18.5. The van der Waals surface area contributed by atoms with Gasteiger partial charge in [-0.25, -0.2) is 18.2 Å². The molecule has 0 amide bonds. The second-order valence-electron chi connectivity index (χ2n) is 8.48. The molecule has 0 N–H and O–H groups in total. The number of rotatable bonds is 5. The molecule has 0 bridgehead atoms. The smallest absolute Gasteiger partial charge is 0.173 e. The molecule has 1 aromatic heterocycles. The minimum absolute atomic E-state index is 0.0176. The maximum Gasteiger partial charge on any atom is 0.173 e. The molecule has 1 heterocycles. The number of benzene rings is 3. The molecular formula is C27H22ClF3N2S. The van der Waals surface area contributed by atoms with E-state index in [9.17, 15) is 13.2 Å². The van der Waals surface area contributed by atoms with Gasteiger partial charge in [-0.15, -0.1) is 0 Å². The molecule has 3 aromatic carbocycles. The van der Waals surface area contributed by atoms with E-state index in [1.807, 2.05) is 23.6 Å². The highest BCUT2D eigenvalue weighted by Crippen LogP contribution is 2.42. The Balaban J connectivity index is 1.62. The van der Waals surface area contributed by atoms with Gasteiger partial charge in [0.05, 0.1) is 11.4 Å². The van der Waals surface area contributed by atoms with Crippen LogP contribution in [-0.2, 0) is 12.2 Å². The number of hydrogen-bond donors (Lipinski definition) is 0. The van der Waals surface area contributed by atoms with E-state index in [0.29, 0.717) is 5.16 Å². The highest BCUT2D eigenvalue weighted by Gasteiger charge is 2.30. The van der Waals surface area contributed by atoms with Gasteiger partial charge in [0, 0.05) is 27.9 Å². The molecule has 1 unspecified atom stereocenters. The second kappa shape index (κ2) is 9.51. The summed E-state index contributed by atoms with van der Waals surface area (Å²) in [5, 5.41) is 1.35. The Morgan fingerprint density at radius 1 is 1.03 bits per heavy atom. The third kappa shape index (κ3) is 4.37. The minimum Gasteiger partial charge on any atom is -0.291 e. The zero-order chi connectivity index (χ0) is 23.8. The number of imidazole rings is 1. The molecule has 1 aliphatic carbocycles. The average Bonchev–Trinajstić information content (AvgIpc) is 3.19. The third-order valence-corrected chi connectivity index (χ3v) is 7.66. The molecule has 0 spiro atoms. The summed E-state index contributed by atoms with van der Waals surface area (Å²) in [6.07, 6.45) is 2.73. The topological polar surface area (TPSA) is 17.8 Å². The maximum absolute atomic E-state index is 14.3. The van der Waals surface area contributed by atoms with Crippen molar-refractivity contribution < 1.29 is 13.2 Å². The molecule has 0 aliphatic heterocycles. The van der Waals surface area contributed by atoms with Crippen molar-refractivity contribution in [3.63, 3.8) is 0 Å². The van der Waals surface area contributed by atoms with Gasteiger partial charge in [0.2, 0.25) is 0 Å². The van der Waals surface area contributed by atoms with Crippen LogP contribution in [0.25, 0.3) is 5.69 Å². The van der Waals surface area contributed by atoms with Gasteiger partial charge < -0.3 is 0 Å². The number of aromatic nitrogens is 2. The quantitative estimate of drug-likeness (QED) is 0.259. The van der Waals surface area contributed by atoms with E-state index in [1.54, 1.807) is 12.1 Å². The van der Waals surface area contributed by atoms with Gasteiger partial charge in [0.15, 0.2) is 5.16 Å². The lowest BCUT2D eigenvalue weighted by Gasteiger charge is -2.25. The molecule has 0 radical (unpaired) electrons. The second-order valence-corrected chi connectivity index (χ2v) is 9.83. The van der Waals surface area contributed by atoms with Gasteiger partial charge in [-0.05, 0) is 79.8 Å². The molecule has 0 saturated carbocycles. The Morgan fingerprint density at radius 3 is 2.47 bits per heavy atom. The van der Waals surface area contributed by atoms with Crippen molar-refractivity contribution in [2.75, 3.05) is 0 Å². The van der Waals surface area contributed by atoms with Crippen molar-refractivity contribution in [1.29, 1.82) is 0 Å². The molecular weight excluding hydrogens is 477 g/mol. The summed E-state index contributed by atoms with van der Waals surface area (Å²) in [4.78, 5) is 4.90. The summed E-state index contributed by atoms with van der Waals surface area (Å²) in [5.74, 6) is -1.30. The normalized spacial score (nSPS) is 15.4. The average molecular weight is 499 g/mol. The molecule has 2 nitrogen and oxygen atoms in total. The van der Waals surface area contributed by atoms with Crippen molar-refractivity contribution >= 4 is 23.4 Å². The van der Waals surface area contributed by atoms with Crippen LogP contribution in [0.3, 0.4) is 0 Å². The summed E-state index contributed by atoms with van der Waals surface area (Å²) in [6, 6.07) is 16.2. The van der Waals surface area contributed by atoms with Gasteiger partial charge >= 0.3 is 0 Å². The summed E-state index contributed by atoms with van der Waals surface area (Å²) in [6.45, 7) is 1.98. The lowest BCUT2D eigenvalue weighted by atomic mass is 9.83. The van der Waals surface area contributed by atoms with E-state index in [1.165, 1.54) is 42.1 Å². The van der Waals surface area contributed by atoms with Crippen LogP contribution in [0.1, 0.15) is 46.8 Å². The van der Waals surface area contributed by atoms with Gasteiger partial charge in [0.25, 0.3) is 0 Å². The van der Waals surface area contributed by atoms with Crippen LogP contribution in [0.15, 0.2) is 65.8 Å². The van der Waals surface area contributed by atoms with Crippen molar-refractivity contribution in [1.82, 2.24) is 9.55 Å². The molecule has 34 heavy (non-hydrogen) atoms. The summed E-state index contributed by atoms with van der Waals surface area (Å²) < 4.78 is 44.3. The Kier molecular flexibility index (Phi) is 6.45. The van der Waals surface area contributed by atoms with Gasteiger partial charge in [0.1, 0.15) is 17.5 Å². The Bertz CT molecular complexity index is 1330. The lowest BCUT2D eigenvalue weighted by molar-refractivity contribution is 0.566. The molecule has 0 saturated heterocycles. The van der Waals surface area contributed by atoms with E-state index in [-0.39, 0.29) is 23.1 Å². The summed E-state index contributed by atoms with van der Waals surface area (Å²) >= 11 is 7.55. The first-order valence-electron chi connectivity index (χ1n) is 11.1. The SMILES string of the molecule is Cc1cc(C2CCCc3nc(SCc4c(F)cccc4F)n(-c4ccc(F)cc4)c32)ccc1Cl. The number of fused-ring (bicyclic) bond motifs is 1. The maximum atomic E-state index is 14.3. The van der Waals surface area contributed by atoms with E-state index >= 15 is 0 Å². The highest BCUT2D eigenvalue weighted by molar-refractivity contribution is 7.98. The summed E-state index contributed by atoms with van der Waals surface area (Å²) in [5.41, 5.74) is 4.93. The lowest BCUT2D eigenvalue weighted by Crippen LogP contribution is -2.15. The number of nitrogens with zero attached hydrogens (tertiary/aromatic N) is 2. The van der Waals surface area contributed by atoms with Crippen LogP contribution in [0.4, 0.5) is 13.2 Å². The fourth-order valence-electron chi connectivity index (χ4n) is 4.56. The van der Waals surface area contributed by atoms with Crippen molar-refractivity contribution in [2.45, 2.75) is 43.0 Å². The van der Waals surface area contributed by atoms with Crippen LogP contribution in [-0.4, -0.2) is 9.55 Å². The van der Waals surface area contributed by atoms with Gasteiger partial charge in [-0.1, -0.05) is 41.6 Å². The van der Waals surface area contributed by atoms with Gasteiger partial charge in [-0.3, -0.25) is 4.57 Å².